The molecular formula is C8H20N2O4S2. The van der Waals surface area contributed by atoms with Crippen molar-refractivity contribution in [2.24, 2.45) is 0 Å². The molecule has 16 heavy (non-hydrogen) atoms. The van der Waals surface area contributed by atoms with E-state index in [-0.39, 0.29) is 6.23 Å². The van der Waals surface area contributed by atoms with Crippen molar-refractivity contribution >= 4 is 19.9 Å². The Bertz CT molecular complexity index is 263. The third-order valence-corrected chi connectivity index (χ3v) is 4.08. The molecule has 1 aliphatic rings. The van der Waals surface area contributed by atoms with Crippen molar-refractivity contribution in [1.82, 2.24) is 10.2 Å². The van der Waals surface area contributed by atoms with Gasteiger partial charge in [0.2, 0.25) is 0 Å². The largest absolute Gasteiger partial charge is 0.379 e. The number of piperazine rings is 1. The van der Waals surface area contributed by atoms with Gasteiger partial charge < -0.3 is 10.4 Å². The topological polar surface area (TPSA) is 89.9 Å². The SMILES string of the molecule is CC(O)N1CCNCC1.CCSS(=O)(=O)O. The van der Waals surface area contributed by atoms with Crippen LogP contribution in [0.4, 0.5) is 0 Å². The standard InChI is InChI=1S/C6H14N2O.C2H6O3S2/c1-6(9)8-4-2-7-3-5-8;1-2-6-7(3,4)5/h6-7,9H,2-5H2,1H3;2H2,1H3,(H,3,4,5). The second-order valence-electron chi connectivity index (χ2n) is 3.25. The van der Waals surface area contributed by atoms with Crippen LogP contribution in [0.5, 0.6) is 0 Å². The molecule has 1 atom stereocenters. The lowest BCUT2D eigenvalue weighted by atomic mass is 10.3. The maximum Gasteiger partial charge on any atom is 0.319 e. The van der Waals surface area contributed by atoms with E-state index >= 15 is 0 Å². The minimum Gasteiger partial charge on any atom is -0.379 e. The molecule has 1 heterocycles. The van der Waals surface area contributed by atoms with Gasteiger partial charge in [-0.15, -0.1) is 0 Å². The molecule has 0 radical (unpaired) electrons. The Morgan fingerprint density at radius 2 is 1.94 bits per heavy atom. The van der Waals surface area contributed by atoms with Gasteiger partial charge >= 0.3 is 9.15 Å². The highest BCUT2D eigenvalue weighted by atomic mass is 33.1. The zero-order chi connectivity index (χ0) is 12.6. The molecule has 0 spiro atoms. The second kappa shape index (κ2) is 8.26. The van der Waals surface area contributed by atoms with Crippen molar-refractivity contribution in [3.8, 4) is 0 Å². The average Bonchev–Trinajstić information content (AvgIpc) is 2.18. The van der Waals surface area contributed by atoms with Crippen LogP contribution < -0.4 is 5.32 Å². The monoisotopic (exact) mass is 272 g/mol. The summed E-state index contributed by atoms with van der Waals surface area (Å²) in [6.45, 7) is 7.41. The first-order valence-electron chi connectivity index (χ1n) is 5.11. The van der Waals surface area contributed by atoms with Crippen molar-refractivity contribution < 1.29 is 18.1 Å². The zero-order valence-corrected chi connectivity index (χ0v) is 11.2. The van der Waals surface area contributed by atoms with E-state index in [1.54, 1.807) is 6.92 Å². The van der Waals surface area contributed by atoms with Crippen molar-refractivity contribution in [2.75, 3.05) is 31.9 Å². The predicted molar refractivity (Wildman–Crippen MR) is 65.8 cm³/mol. The summed E-state index contributed by atoms with van der Waals surface area (Å²) < 4.78 is 27.5. The van der Waals surface area contributed by atoms with E-state index < -0.39 is 9.15 Å². The molecule has 0 aromatic rings. The highest BCUT2D eigenvalue weighted by Gasteiger charge is 2.12. The predicted octanol–water partition coefficient (Wildman–Crippen LogP) is -0.228. The summed E-state index contributed by atoms with van der Waals surface area (Å²) in [5, 5.41) is 12.3. The highest BCUT2D eigenvalue weighted by Crippen LogP contribution is 2.06. The van der Waals surface area contributed by atoms with E-state index in [9.17, 15) is 8.42 Å². The van der Waals surface area contributed by atoms with E-state index in [1.807, 2.05) is 6.92 Å². The number of rotatable bonds is 3. The van der Waals surface area contributed by atoms with Gasteiger partial charge in [0.1, 0.15) is 6.23 Å². The molecule has 8 heteroatoms. The molecule has 0 aromatic heterocycles. The summed E-state index contributed by atoms with van der Waals surface area (Å²) in [7, 11) is -3.24. The van der Waals surface area contributed by atoms with Gasteiger partial charge in [0.15, 0.2) is 0 Å². The fourth-order valence-corrected chi connectivity index (χ4v) is 2.40. The van der Waals surface area contributed by atoms with Crippen molar-refractivity contribution in [3.63, 3.8) is 0 Å². The molecule has 98 valence electrons. The zero-order valence-electron chi connectivity index (χ0n) is 9.59. The minimum atomic E-state index is -3.76. The third kappa shape index (κ3) is 9.37. The van der Waals surface area contributed by atoms with Crippen LogP contribution in [0.2, 0.25) is 0 Å². The Kier molecular flexibility index (Phi) is 8.34. The maximum atomic E-state index is 9.75. The number of aliphatic hydroxyl groups is 1. The van der Waals surface area contributed by atoms with Crippen LogP contribution in [0.25, 0.3) is 0 Å². The summed E-state index contributed by atoms with van der Waals surface area (Å²) >= 11 is 0. The Labute approximate surface area is 101 Å². The first-order valence-corrected chi connectivity index (χ1v) is 8.05. The first-order chi connectivity index (χ1) is 7.37. The smallest absolute Gasteiger partial charge is 0.319 e. The Morgan fingerprint density at radius 3 is 2.12 bits per heavy atom. The lowest BCUT2D eigenvalue weighted by Gasteiger charge is -2.29. The third-order valence-electron chi connectivity index (χ3n) is 1.95. The van der Waals surface area contributed by atoms with E-state index in [0.29, 0.717) is 16.5 Å². The highest BCUT2D eigenvalue weighted by molar-refractivity contribution is 8.69. The molecular weight excluding hydrogens is 252 g/mol. The normalized spacial score (nSPS) is 19.8. The van der Waals surface area contributed by atoms with Crippen LogP contribution in [0.3, 0.4) is 0 Å². The molecule has 1 aliphatic heterocycles. The molecule has 1 saturated heterocycles. The molecule has 0 amide bonds. The number of aliphatic hydroxyl groups excluding tert-OH is 1. The maximum absolute atomic E-state index is 9.75. The second-order valence-corrected chi connectivity index (χ2v) is 6.89. The summed E-state index contributed by atoms with van der Waals surface area (Å²) in [5.74, 6) is 0.388. The average molecular weight is 272 g/mol. The number of hydrogen-bond donors (Lipinski definition) is 3. The van der Waals surface area contributed by atoms with E-state index in [4.69, 9.17) is 9.66 Å². The molecule has 0 aromatic carbocycles. The Balaban J connectivity index is 0.000000293. The summed E-state index contributed by atoms with van der Waals surface area (Å²) in [6.07, 6.45) is -0.271. The van der Waals surface area contributed by atoms with Crippen LogP contribution in [-0.4, -0.2) is 61.1 Å². The van der Waals surface area contributed by atoms with Gasteiger partial charge in [-0.1, -0.05) is 6.92 Å². The summed E-state index contributed by atoms with van der Waals surface area (Å²) in [5.41, 5.74) is 0. The molecule has 0 aliphatic carbocycles. The summed E-state index contributed by atoms with van der Waals surface area (Å²) in [6, 6.07) is 0. The van der Waals surface area contributed by atoms with Gasteiger partial charge in [0.05, 0.1) is 0 Å². The van der Waals surface area contributed by atoms with Gasteiger partial charge in [0.25, 0.3) is 0 Å². The number of hydrogen-bond acceptors (Lipinski definition) is 6. The Morgan fingerprint density at radius 1 is 1.44 bits per heavy atom. The molecule has 0 bridgehead atoms. The first kappa shape index (κ1) is 16.1. The number of nitrogens with zero attached hydrogens (tertiary/aromatic N) is 1. The number of nitrogens with one attached hydrogen (secondary N) is 1. The van der Waals surface area contributed by atoms with Crippen LogP contribution >= 0.6 is 10.8 Å². The van der Waals surface area contributed by atoms with Crippen molar-refractivity contribution in [2.45, 2.75) is 20.1 Å². The van der Waals surface area contributed by atoms with Gasteiger partial charge in [0, 0.05) is 31.9 Å². The van der Waals surface area contributed by atoms with Crippen molar-refractivity contribution in [3.05, 3.63) is 0 Å². The van der Waals surface area contributed by atoms with Crippen LogP contribution in [0.15, 0.2) is 0 Å². The molecule has 0 saturated carbocycles. The van der Waals surface area contributed by atoms with Gasteiger partial charge in [-0.3, -0.25) is 9.45 Å². The van der Waals surface area contributed by atoms with Gasteiger partial charge in [-0.05, 0) is 17.7 Å². The molecule has 1 unspecified atom stereocenters. The fraction of sp³-hybridized carbons (Fsp3) is 1.00. The van der Waals surface area contributed by atoms with Crippen LogP contribution in [-0.2, 0) is 9.15 Å². The lowest BCUT2D eigenvalue weighted by Crippen LogP contribution is -2.47. The van der Waals surface area contributed by atoms with Gasteiger partial charge in [-0.25, -0.2) is 0 Å². The van der Waals surface area contributed by atoms with E-state index in [1.165, 1.54) is 0 Å². The van der Waals surface area contributed by atoms with E-state index in [2.05, 4.69) is 10.2 Å². The molecule has 6 nitrogen and oxygen atoms in total. The van der Waals surface area contributed by atoms with Crippen molar-refractivity contribution in [1.29, 1.82) is 0 Å². The molecule has 1 rings (SSSR count). The van der Waals surface area contributed by atoms with Crippen LogP contribution in [0.1, 0.15) is 13.8 Å². The van der Waals surface area contributed by atoms with E-state index in [0.717, 1.165) is 26.2 Å². The quantitative estimate of drug-likeness (QED) is 0.483. The molecule has 3 N–H and O–H groups in total. The lowest BCUT2D eigenvalue weighted by molar-refractivity contribution is 0.0112. The Hall–Kier alpha value is 0.140. The van der Waals surface area contributed by atoms with Gasteiger partial charge in [-0.2, -0.15) is 8.42 Å². The van der Waals surface area contributed by atoms with Crippen LogP contribution in [0, 0.1) is 0 Å². The minimum absolute atomic E-state index is 0.271. The molecule has 1 fully saturated rings. The summed E-state index contributed by atoms with van der Waals surface area (Å²) in [4.78, 5) is 2.05. The fourth-order valence-electron chi connectivity index (χ4n) is 1.20.